The molecule has 1 aromatic carbocycles. The maximum Gasteiger partial charge on any atom is 0.343 e. The van der Waals surface area contributed by atoms with E-state index < -0.39 is 5.25 Å². The van der Waals surface area contributed by atoms with Gasteiger partial charge in [-0.1, -0.05) is 37.2 Å². The molecule has 0 spiro atoms. The van der Waals surface area contributed by atoms with Crippen molar-refractivity contribution in [2.45, 2.75) is 50.6 Å². The molecule has 0 saturated heterocycles. The van der Waals surface area contributed by atoms with Crippen LogP contribution in [0.25, 0.3) is 0 Å². The van der Waals surface area contributed by atoms with Gasteiger partial charge in [0.25, 0.3) is 0 Å². The molecule has 1 atom stereocenters. The number of carbonyl (C=O) groups excluding carboxylic acids is 2. The number of anilines is 1. The number of nitrogens with zero attached hydrogens (tertiary/aromatic N) is 2. The number of rotatable bonds is 8. The van der Waals surface area contributed by atoms with Gasteiger partial charge >= 0.3 is 5.69 Å². The van der Waals surface area contributed by atoms with Crippen LogP contribution >= 0.6 is 11.8 Å². The topological polar surface area (TPSA) is 96.8 Å². The Morgan fingerprint density at radius 2 is 2.16 bits per heavy atom. The van der Waals surface area contributed by atoms with E-state index in [2.05, 4.69) is 15.5 Å². The molecular weight excluding hydrogens is 340 g/mol. The van der Waals surface area contributed by atoms with Gasteiger partial charge in [0, 0.05) is 17.8 Å². The van der Waals surface area contributed by atoms with Crippen LogP contribution in [0.1, 0.15) is 44.0 Å². The van der Waals surface area contributed by atoms with Gasteiger partial charge in [0.2, 0.25) is 5.91 Å². The monoisotopic (exact) mass is 362 g/mol. The highest BCUT2D eigenvalue weighted by atomic mass is 32.2. The fraction of sp³-hybridized carbons (Fsp3) is 0.412. The summed E-state index contributed by atoms with van der Waals surface area (Å²) in [4.78, 5) is 35.6. The molecule has 0 aliphatic rings. The zero-order chi connectivity index (χ0) is 18.4. The summed E-state index contributed by atoms with van der Waals surface area (Å²) in [7, 11) is 0. The normalized spacial score (nSPS) is 12.0. The van der Waals surface area contributed by atoms with Gasteiger partial charge in [-0.15, -0.1) is 5.10 Å². The number of aromatic nitrogens is 3. The number of Topliss-reactive ketones (excluding diaryl/α,β-unsaturated/α-hetero) is 1. The van der Waals surface area contributed by atoms with Crippen molar-refractivity contribution in [1.82, 2.24) is 14.8 Å². The minimum Gasteiger partial charge on any atom is -0.325 e. The third-order valence-electron chi connectivity index (χ3n) is 3.65. The van der Waals surface area contributed by atoms with E-state index >= 15 is 0 Å². The second-order valence-electron chi connectivity index (χ2n) is 5.70. The molecule has 0 radical (unpaired) electrons. The number of amides is 1. The fourth-order valence-corrected chi connectivity index (χ4v) is 3.06. The smallest absolute Gasteiger partial charge is 0.325 e. The molecule has 134 valence electrons. The molecule has 25 heavy (non-hydrogen) atoms. The third-order valence-corrected chi connectivity index (χ3v) is 4.74. The van der Waals surface area contributed by atoms with Crippen LogP contribution in [-0.2, 0) is 11.3 Å². The van der Waals surface area contributed by atoms with E-state index in [9.17, 15) is 14.4 Å². The summed E-state index contributed by atoms with van der Waals surface area (Å²) < 4.78 is 1.55. The summed E-state index contributed by atoms with van der Waals surface area (Å²) in [5, 5.41) is 9.27. The zero-order valence-electron chi connectivity index (χ0n) is 14.5. The lowest BCUT2D eigenvalue weighted by atomic mass is 10.1. The molecule has 1 aromatic heterocycles. The van der Waals surface area contributed by atoms with E-state index in [0.717, 1.165) is 12.8 Å². The summed E-state index contributed by atoms with van der Waals surface area (Å²) in [6, 6.07) is 6.80. The van der Waals surface area contributed by atoms with E-state index in [-0.39, 0.29) is 17.4 Å². The number of H-pyrrole nitrogens is 1. The first-order valence-corrected chi connectivity index (χ1v) is 9.04. The van der Waals surface area contributed by atoms with Gasteiger partial charge in [0.05, 0.1) is 5.25 Å². The van der Waals surface area contributed by atoms with E-state index in [4.69, 9.17) is 0 Å². The lowest BCUT2D eigenvalue weighted by Crippen LogP contribution is -2.24. The van der Waals surface area contributed by atoms with Gasteiger partial charge in [-0.3, -0.25) is 14.2 Å². The minimum atomic E-state index is -0.448. The molecule has 0 bridgehead atoms. The van der Waals surface area contributed by atoms with Crippen molar-refractivity contribution in [2.75, 3.05) is 5.32 Å². The molecule has 0 fully saturated rings. The van der Waals surface area contributed by atoms with E-state index in [1.54, 1.807) is 35.8 Å². The average Bonchev–Trinajstić information content (AvgIpc) is 2.92. The first-order valence-electron chi connectivity index (χ1n) is 8.16. The summed E-state index contributed by atoms with van der Waals surface area (Å²) in [6.45, 7) is 5.84. The molecule has 1 amide bonds. The molecule has 0 unspecified atom stereocenters. The van der Waals surface area contributed by atoms with Crippen molar-refractivity contribution >= 4 is 29.1 Å². The zero-order valence-corrected chi connectivity index (χ0v) is 15.4. The van der Waals surface area contributed by atoms with Gasteiger partial charge in [-0.05, 0) is 32.4 Å². The van der Waals surface area contributed by atoms with Crippen LogP contribution in [0.3, 0.4) is 0 Å². The standard InChI is InChI=1S/C17H22N4O3S/c1-4-5-9-21-16(24)19-20-17(21)25-12(3)15(23)18-14-8-6-7-13(10-14)11(2)22/h6-8,10,12H,4-5,9H2,1-3H3,(H,18,23)(H,19,24)/t12-/m0/s1. The SMILES string of the molecule is CCCCn1c(S[C@@H](C)C(=O)Nc2cccc(C(C)=O)c2)n[nH]c1=O. The van der Waals surface area contributed by atoms with Crippen LogP contribution < -0.4 is 11.0 Å². The first kappa shape index (κ1) is 19.0. The highest BCUT2D eigenvalue weighted by Gasteiger charge is 2.19. The van der Waals surface area contributed by atoms with Gasteiger partial charge < -0.3 is 5.32 Å². The molecule has 0 saturated carbocycles. The van der Waals surface area contributed by atoms with Gasteiger partial charge in [0.15, 0.2) is 10.9 Å². The van der Waals surface area contributed by atoms with Crippen molar-refractivity contribution in [1.29, 1.82) is 0 Å². The Kier molecular flexibility index (Phi) is 6.58. The molecule has 0 aliphatic heterocycles. The number of ketones is 1. The Bertz CT molecular complexity index is 812. The Labute approximate surface area is 150 Å². The highest BCUT2D eigenvalue weighted by Crippen LogP contribution is 2.22. The van der Waals surface area contributed by atoms with Gasteiger partial charge in [-0.2, -0.15) is 0 Å². The molecule has 1 heterocycles. The first-order chi connectivity index (χ1) is 11.9. The molecule has 2 aromatic rings. The maximum absolute atomic E-state index is 12.4. The summed E-state index contributed by atoms with van der Waals surface area (Å²) in [5.74, 6) is -0.279. The second-order valence-corrected chi connectivity index (χ2v) is 7.01. The molecule has 7 nitrogen and oxygen atoms in total. The number of carbonyl (C=O) groups is 2. The van der Waals surface area contributed by atoms with Crippen LogP contribution in [0.15, 0.2) is 34.2 Å². The number of hydrogen-bond donors (Lipinski definition) is 2. The number of benzene rings is 1. The highest BCUT2D eigenvalue weighted by molar-refractivity contribution is 8.00. The number of thioether (sulfide) groups is 1. The van der Waals surface area contributed by atoms with E-state index in [0.29, 0.717) is 23.0 Å². The van der Waals surface area contributed by atoms with Crippen LogP contribution in [0.4, 0.5) is 5.69 Å². The predicted molar refractivity (Wildman–Crippen MR) is 98.2 cm³/mol. The average molecular weight is 362 g/mol. The van der Waals surface area contributed by atoms with Crippen LogP contribution in [0.5, 0.6) is 0 Å². The number of aromatic amines is 1. The Morgan fingerprint density at radius 3 is 2.84 bits per heavy atom. The molecule has 2 N–H and O–H groups in total. The molecular formula is C17H22N4O3S. The number of nitrogens with one attached hydrogen (secondary N) is 2. The number of hydrogen-bond acceptors (Lipinski definition) is 5. The second kappa shape index (κ2) is 8.66. The van der Waals surface area contributed by atoms with Crippen LogP contribution in [-0.4, -0.2) is 31.7 Å². The summed E-state index contributed by atoms with van der Waals surface area (Å²) in [5.41, 5.74) is 0.840. The van der Waals surface area contributed by atoms with E-state index in [1.165, 1.54) is 18.7 Å². The molecule has 2 rings (SSSR count). The minimum absolute atomic E-state index is 0.0602. The summed E-state index contributed by atoms with van der Waals surface area (Å²) in [6.07, 6.45) is 1.83. The number of unbranched alkanes of at least 4 members (excludes halogenated alkanes) is 1. The van der Waals surface area contributed by atoms with Crippen molar-refractivity contribution in [3.05, 3.63) is 40.3 Å². The Morgan fingerprint density at radius 1 is 1.40 bits per heavy atom. The summed E-state index contributed by atoms with van der Waals surface area (Å²) >= 11 is 1.22. The third kappa shape index (κ3) is 5.06. The van der Waals surface area contributed by atoms with Crippen molar-refractivity contribution in [3.8, 4) is 0 Å². The lowest BCUT2D eigenvalue weighted by Gasteiger charge is -2.12. The van der Waals surface area contributed by atoms with Gasteiger partial charge in [0.1, 0.15) is 0 Å². The van der Waals surface area contributed by atoms with Crippen molar-refractivity contribution < 1.29 is 9.59 Å². The van der Waals surface area contributed by atoms with Gasteiger partial charge in [-0.25, -0.2) is 9.89 Å². The fourth-order valence-electron chi connectivity index (χ4n) is 2.18. The Balaban J connectivity index is 2.05. The largest absolute Gasteiger partial charge is 0.343 e. The van der Waals surface area contributed by atoms with E-state index in [1.807, 2.05) is 6.92 Å². The quantitative estimate of drug-likeness (QED) is 0.556. The lowest BCUT2D eigenvalue weighted by molar-refractivity contribution is -0.115. The molecule has 8 heteroatoms. The predicted octanol–water partition coefficient (Wildman–Crippen LogP) is 2.69. The molecule has 0 aliphatic carbocycles. The van der Waals surface area contributed by atoms with Crippen LogP contribution in [0, 0.1) is 0 Å². The van der Waals surface area contributed by atoms with Crippen molar-refractivity contribution in [2.24, 2.45) is 0 Å². The maximum atomic E-state index is 12.4. The Hall–Kier alpha value is -2.35. The van der Waals surface area contributed by atoms with Crippen LogP contribution in [0.2, 0.25) is 0 Å². The van der Waals surface area contributed by atoms with Crippen molar-refractivity contribution in [3.63, 3.8) is 0 Å².